The normalized spacial score (nSPS) is 12.5. The molecule has 0 aliphatic carbocycles. The Morgan fingerprint density at radius 3 is 2.73 bits per heavy atom. The number of aromatic nitrogens is 4. The van der Waals surface area contributed by atoms with Crippen LogP contribution in [0, 0.1) is 0 Å². The van der Waals surface area contributed by atoms with E-state index in [1.54, 1.807) is 14.1 Å². The predicted octanol–water partition coefficient (Wildman–Crippen LogP) is 2.67. The lowest BCUT2D eigenvalue weighted by atomic mass is 10.2. The van der Waals surface area contributed by atoms with Crippen molar-refractivity contribution in [3.05, 3.63) is 41.7 Å². The van der Waals surface area contributed by atoms with Gasteiger partial charge in [-0.15, -0.1) is 0 Å². The SMILES string of the molecule is CC(C)c1nc(-c2nc(C(=O)N(C)C)n3c2CNc2ccccc2-3)no1. The summed E-state index contributed by atoms with van der Waals surface area (Å²) in [6, 6.07) is 7.83. The molecule has 8 nitrogen and oxygen atoms in total. The molecule has 134 valence electrons. The number of rotatable bonds is 3. The van der Waals surface area contributed by atoms with E-state index in [1.807, 2.05) is 42.7 Å². The first kappa shape index (κ1) is 16.3. The molecule has 0 bridgehead atoms. The number of benzene rings is 1. The molecule has 26 heavy (non-hydrogen) atoms. The lowest BCUT2D eigenvalue weighted by molar-refractivity contribution is 0.0814. The molecule has 0 unspecified atom stereocenters. The predicted molar refractivity (Wildman–Crippen MR) is 96.3 cm³/mol. The van der Waals surface area contributed by atoms with Gasteiger partial charge in [-0.1, -0.05) is 31.1 Å². The molecule has 2 aromatic heterocycles. The zero-order valence-corrected chi connectivity index (χ0v) is 15.1. The molecule has 0 atom stereocenters. The number of para-hydroxylation sites is 2. The van der Waals surface area contributed by atoms with Gasteiger partial charge in [0.2, 0.25) is 17.5 Å². The molecule has 1 aromatic carbocycles. The lowest BCUT2D eigenvalue weighted by Crippen LogP contribution is -2.27. The van der Waals surface area contributed by atoms with Gasteiger partial charge in [0.05, 0.1) is 23.6 Å². The summed E-state index contributed by atoms with van der Waals surface area (Å²) in [7, 11) is 3.42. The molecule has 1 aliphatic rings. The Balaban J connectivity index is 1.94. The third-order valence-corrected chi connectivity index (χ3v) is 4.31. The van der Waals surface area contributed by atoms with E-state index in [0.717, 1.165) is 17.1 Å². The summed E-state index contributed by atoms with van der Waals surface area (Å²) in [5.41, 5.74) is 3.23. The highest BCUT2D eigenvalue weighted by atomic mass is 16.5. The number of nitrogens with zero attached hydrogens (tertiary/aromatic N) is 5. The summed E-state index contributed by atoms with van der Waals surface area (Å²) in [6.07, 6.45) is 0. The van der Waals surface area contributed by atoms with Crippen molar-refractivity contribution in [1.29, 1.82) is 0 Å². The minimum absolute atomic E-state index is 0.122. The van der Waals surface area contributed by atoms with Gasteiger partial charge in [0.15, 0.2) is 0 Å². The van der Waals surface area contributed by atoms with Crippen LogP contribution in [0.1, 0.15) is 42.0 Å². The molecule has 0 saturated heterocycles. The molecule has 3 heterocycles. The third-order valence-electron chi connectivity index (χ3n) is 4.31. The van der Waals surface area contributed by atoms with Gasteiger partial charge >= 0.3 is 0 Å². The van der Waals surface area contributed by atoms with Crippen molar-refractivity contribution >= 4 is 11.6 Å². The van der Waals surface area contributed by atoms with E-state index in [0.29, 0.717) is 29.8 Å². The van der Waals surface area contributed by atoms with Crippen LogP contribution >= 0.6 is 0 Å². The van der Waals surface area contributed by atoms with E-state index in [1.165, 1.54) is 4.90 Å². The Bertz CT molecular complexity index is 985. The second-order valence-electron chi connectivity index (χ2n) is 6.75. The van der Waals surface area contributed by atoms with E-state index in [9.17, 15) is 4.79 Å². The fourth-order valence-electron chi connectivity index (χ4n) is 2.96. The Morgan fingerprint density at radius 1 is 1.27 bits per heavy atom. The molecule has 8 heteroatoms. The largest absolute Gasteiger partial charge is 0.378 e. The number of carbonyl (C=O) groups is 1. The van der Waals surface area contributed by atoms with Crippen molar-refractivity contribution < 1.29 is 9.32 Å². The van der Waals surface area contributed by atoms with Crippen LogP contribution in [0.5, 0.6) is 0 Å². The van der Waals surface area contributed by atoms with Crippen molar-refractivity contribution in [2.75, 3.05) is 19.4 Å². The van der Waals surface area contributed by atoms with Gasteiger partial charge in [-0.05, 0) is 12.1 Å². The molecule has 1 amide bonds. The van der Waals surface area contributed by atoms with Crippen molar-refractivity contribution in [3.63, 3.8) is 0 Å². The molecule has 3 aromatic rings. The van der Waals surface area contributed by atoms with Gasteiger partial charge in [-0.2, -0.15) is 4.98 Å². The second kappa shape index (κ2) is 5.98. The van der Waals surface area contributed by atoms with Crippen LogP contribution in [0.3, 0.4) is 0 Å². The van der Waals surface area contributed by atoms with Gasteiger partial charge in [0.1, 0.15) is 5.69 Å². The molecule has 1 N–H and O–H groups in total. The van der Waals surface area contributed by atoms with Crippen LogP contribution in [0.4, 0.5) is 5.69 Å². The van der Waals surface area contributed by atoms with Gasteiger partial charge in [-0.3, -0.25) is 9.36 Å². The van der Waals surface area contributed by atoms with Crippen LogP contribution in [-0.2, 0) is 6.54 Å². The first-order valence-corrected chi connectivity index (χ1v) is 8.48. The minimum atomic E-state index is -0.179. The minimum Gasteiger partial charge on any atom is -0.378 e. The molecular formula is C18H20N6O2. The number of imidazole rings is 1. The first-order valence-electron chi connectivity index (χ1n) is 8.48. The quantitative estimate of drug-likeness (QED) is 0.779. The fourth-order valence-corrected chi connectivity index (χ4v) is 2.96. The lowest BCUT2D eigenvalue weighted by Gasteiger charge is -2.22. The molecule has 1 aliphatic heterocycles. The van der Waals surface area contributed by atoms with E-state index >= 15 is 0 Å². The van der Waals surface area contributed by atoms with E-state index in [-0.39, 0.29) is 11.8 Å². The van der Waals surface area contributed by atoms with Gasteiger partial charge in [-0.25, -0.2) is 4.98 Å². The maximum atomic E-state index is 12.7. The number of hydrogen-bond donors (Lipinski definition) is 1. The fraction of sp³-hybridized carbons (Fsp3) is 0.333. The standard InChI is InChI=1S/C18H20N6O2/c1-10(2)17-21-15(22-26-17)14-13-9-19-11-7-5-6-8-12(11)24(13)16(20-14)18(25)23(3)4/h5-8,10,19H,9H2,1-4H3. The number of nitrogens with one attached hydrogen (secondary N) is 1. The van der Waals surface area contributed by atoms with Crippen LogP contribution in [0.15, 0.2) is 28.8 Å². The summed E-state index contributed by atoms with van der Waals surface area (Å²) in [5, 5.41) is 7.44. The van der Waals surface area contributed by atoms with Gasteiger partial charge in [0, 0.05) is 20.0 Å². The average molecular weight is 352 g/mol. The highest BCUT2D eigenvalue weighted by Crippen LogP contribution is 2.34. The average Bonchev–Trinajstić information content (AvgIpc) is 3.25. The Labute approximate surface area is 150 Å². The molecule has 0 saturated carbocycles. The van der Waals surface area contributed by atoms with Crippen molar-refractivity contribution in [3.8, 4) is 17.2 Å². The number of hydrogen-bond acceptors (Lipinski definition) is 6. The molecule has 0 fully saturated rings. The maximum absolute atomic E-state index is 12.7. The summed E-state index contributed by atoms with van der Waals surface area (Å²) in [5.74, 6) is 1.23. The molecular weight excluding hydrogens is 332 g/mol. The Kier molecular flexibility index (Phi) is 3.75. The highest BCUT2D eigenvalue weighted by molar-refractivity contribution is 5.93. The Hall–Kier alpha value is -3.16. The monoisotopic (exact) mass is 352 g/mol. The maximum Gasteiger partial charge on any atom is 0.289 e. The third kappa shape index (κ3) is 2.45. The van der Waals surface area contributed by atoms with E-state index in [2.05, 4.69) is 20.4 Å². The van der Waals surface area contributed by atoms with Crippen LogP contribution in [0.25, 0.3) is 17.2 Å². The number of anilines is 1. The van der Waals surface area contributed by atoms with Crippen molar-refractivity contribution in [2.24, 2.45) is 0 Å². The molecule has 0 radical (unpaired) electrons. The van der Waals surface area contributed by atoms with Crippen LogP contribution in [0.2, 0.25) is 0 Å². The highest BCUT2D eigenvalue weighted by Gasteiger charge is 2.30. The Morgan fingerprint density at radius 2 is 2.04 bits per heavy atom. The molecule has 0 spiro atoms. The molecule has 4 rings (SSSR count). The topological polar surface area (TPSA) is 89.1 Å². The van der Waals surface area contributed by atoms with Crippen LogP contribution < -0.4 is 5.32 Å². The number of fused-ring (bicyclic) bond motifs is 3. The smallest absolute Gasteiger partial charge is 0.289 e. The number of amides is 1. The van der Waals surface area contributed by atoms with Crippen molar-refractivity contribution in [2.45, 2.75) is 26.3 Å². The zero-order chi connectivity index (χ0) is 18.4. The first-order chi connectivity index (χ1) is 12.5. The summed E-state index contributed by atoms with van der Waals surface area (Å²) >= 11 is 0. The number of carbonyl (C=O) groups excluding carboxylic acids is 1. The summed E-state index contributed by atoms with van der Waals surface area (Å²) in [6.45, 7) is 4.49. The van der Waals surface area contributed by atoms with Crippen LogP contribution in [-0.4, -0.2) is 44.6 Å². The van der Waals surface area contributed by atoms with Gasteiger partial charge < -0.3 is 14.7 Å². The van der Waals surface area contributed by atoms with E-state index < -0.39 is 0 Å². The summed E-state index contributed by atoms with van der Waals surface area (Å²) < 4.78 is 7.22. The van der Waals surface area contributed by atoms with Crippen molar-refractivity contribution in [1.82, 2.24) is 24.6 Å². The zero-order valence-electron chi connectivity index (χ0n) is 15.1. The van der Waals surface area contributed by atoms with E-state index in [4.69, 9.17) is 4.52 Å². The second-order valence-corrected chi connectivity index (χ2v) is 6.75. The summed E-state index contributed by atoms with van der Waals surface area (Å²) in [4.78, 5) is 23.3. The van der Waals surface area contributed by atoms with Gasteiger partial charge in [0.25, 0.3) is 5.91 Å².